The zero-order valence-corrected chi connectivity index (χ0v) is 24.4. The van der Waals surface area contributed by atoms with Crippen LogP contribution in [0.4, 0.5) is 0 Å². The molecule has 0 aliphatic heterocycles. The van der Waals surface area contributed by atoms with E-state index in [1.54, 1.807) is 30.3 Å². The Labute approximate surface area is 249 Å². The number of carbonyl (C=O) groups excluding carboxylic acids is 4. The molecule has 0 radical (unpaired) electrons. The van der Waals surface area contributed by atoms with Gasteiger partial charge in [0.15, 0.2) is 5.96 Å². The van der Waals surface area contributed by atoms with Crippen LogP contribution in [0.3, 0.4) is 0 Å². The zero-order valence-electron chi connectivity index (χ0n) is 24.4. The van der Waals surface area contributed by atoms with Crippen molar-refractivity contribution < 1.29 is 39.3 Å². The first-order valence-corrected chi connectivity index (χ1v) is 13.8. The summed E-state index contributed by atoms with van der Waals surface area (Å²) >= 11 is 0. The van der Waals surface area contributed by atoms with Crippen LogP contribution in [0.5, 0.6) is 0 Å². The number of nitrogens with two attached hydrogens (primary N) is 3. The molecule has 0 saturated carbocycles. The number of aliphatic hydroxyl groups excluding tert-OH is 2. The number of benzene rings is 1. The maximum Gasteiger partial charge on any atom is 0.328 e. The molecular formula is C27H44N8O8. The van der Waals surface area contributed by atoms with Gasteiger partial charge in [-0.1, -0.05) is 44.2 Å². The van der Waals surface area contributed by atoms with Crippen molar-refractivity contribution in [3.63, 3.8) is 0 Å². The van der Waals surface area contributed by atoms with Gasteiger partial charge in [-0.25, -0.2) is 4.79 Å². The number of aliphatic carboxylic acids is 1. The Morgan fingerprint density at radius 1 is 0.791 bits per heavy atom. The van der Waals surface area contributed by atoms with E-state index < -0.39 is 73.0 Å². The number of hydrogen-bond acceptors (Lipinski definition) is 9. The van der Waals surface area contributed by atoms with E-state index in [0.29, 0.717) is 5.56 Å². The number of carboxylic acid groups (broad SMARTS) is 1. The Hall–Kier alpha value is -4.28. The number of hydrogen-bond donors (Lipinski definition) is 10. The molecule has 0 spiro atoms. The molecule has 1 rings (SSSR count). The fourth-order valence-electron chi connectivity index (χ4n) is 3.90. The van der Waals surface area contributed by atoms with Crippen LogP contribution in [0.25, 0.3) is 0 Å². The van der Waals surface area contributed by atoms with Gasteiger partial charge >= 0.3 is 5.97 Å². The molecule has 1 aromatic carbocycles. The summed E-state index contributed by atoms with van der Waals surface area (Å²) in [6.07, 6.45) is 0.413. The van der Waals surface area contributed by atoms with E-state index in [1.165, 1.54) is 0 Å². The average Bonchev–Trinajstić information content (AvgIpc) is 2.95. The second-order valence-corrected chi connectivity index (χ2v) is 10.3. The summed E-state index contributed by atoms with van der Waals surface area (Å²) in [5.74, 6) is -4.79. The molecule has 0 aliphatic rings. The van der Waals surface area contributed by atoms with E-state index in [0.717, 1.165) is 0 Å². The Morgan fingerprint density at radius 2 is 1.33 bits per heavy atom. The van der Waals surface area contributed by atoms with E-state index in [-0.39, 0.29) is 44.1 Å². The molecule has 0 aromatic heterocycles. The smallest absolute Gasteiger partial charge is 0.328 e. The molecule has 4 amide bonds. The van der Waals surface area contributed by atoms with Gasteiger partial charge in [0, 0.05) is 13.0 Å². The largest absolute Gasteiger partial charge is 0.480 e. The van der Waals surface area contributed by atoms with Crippen LogP contribution >= 0.6 is 0 Å². The number of aliphatic hydroxyl groups is 2. The molecule has 16 heteroatoms. The van der Waals surface area contributed by atoms with Crippen molar-refractivity contribution in [1.29, 1.82) is 0 Å². The summed E-state index contributed by atoms with van der Waals surface area (Å²) in [7, 11) is 0. The molecule has 0 aliphatic carbocycles. The van der Waals surface area contributed by atoms with E-state index in [9.17, 15) is 39.3 Å². The van der Waals surface area contributed by atoms with Gasteiger partial charge in [0.25, 0.3) is 0 Å². The molecule has 0 bridgehead atoms. The highest BCUT2D eigenvalue weighted by Gasteiger charge is 2.32. The summed E-state index contributed by atoms with van der Waals surface area (Å²) in [6.45, 7) is 2.25. The van der Waals surface area contributed by atoms with Gasteiger partial charge in [0.05, 0.1) is 13.2 Å². The van der Waals surface area contributed by atoms with Crippen LogP contribution in [0, 0.1) is 5.92 Å². The molecule has 240 valence electrons. The minimum absolute atomic E-state index is 0.00758. The molecule has 0 heterocycles. The lowest BCUT2D eigenvalue weighted by Gasteiger charge is -2.27. The molecule has 0 fully saturated rings. The Bertz CT molecular complexity index is 1100. The van der Waals surface area contributed by atoms with Gasteiger partial charge in [-0.15, -0.1) is 0 Å². The van der Waals surface area contributed by atoms with Crippen LogP contribution < -0.4 is 38.5 Å². The maximum absolute atomic E-state index is 13.6. The topological polar surface area (TPSA) is 285 Å². The van der Waals surface area contributed by atoms with Crippen molar-refractivity contribution in [2.45, 2.75) is 69.7 Å². The third kappa shape index (κ3) is 14.0. The fourth-order valence-corrected chi connectivity index (χ4v) is 3.90. The van der Waals surface area contributed by atoms with Crippen molar-refractivity contribution in [2.24, 2.45) is 28.1 Å². The van der Waals surface area contributed by atoms with Gasteiger partial charge in [-0.3, -0.25) is 24.2 Å². The van der Waals surface area contributed by atoms with E-state index in [2.05, 4.69) is 26.3 Å². The number of nitrogens with one attached hydrogen (secondary N) is 4. The number of carbonyl (C=O) groups is 5. The average molecular weight is 609 g/mol. The van der Waals surface area contributed by atoms with Crippen LogP contribution in [0.1, 0.15) is 38.7 Å². The highest BCUT2D eigenvalue weighted by Crippen LogP contribution is 2.09. The number of carboxylic acids is 1. The van der Waals surface area contributed by atoms with Gasteiger partial charge in [-0.05, 0) is 30.7 Å². The van der Waals surface area contributed by atoms with E-state index in [1.807, 2.05) is 13.8 Å². The van der Waals surface area contributed by atoms with Crippen LogP contribution in [0.2, 0.25) is 0 Å². The fraction of sp³-hybridized carbons (Fsp3) is 0.556. The summed E-state index contributed by atoms with van der Waals surface area (Å²) in [4.78, 5) is 67.4. The maximum atomic E-state index is 13.6. The minimum Gasteiger partial charge on any atom is -0.480 e. The predicted molar refractivity (Wildman–Crippen MR) is 157 cm³/mol. The quantitative estimate of drug-likeness (QED) is 0.0421. The normalized spacial score (nSPS) is 14.4. The SMILES string of the molecule is CC(C)C[C@H](NC(=O)[C@@H](N)CO)C(=O)N[C@@H](Cc1ccccc1)C(=O)N[C@@H](CCCN=C(N)N)C(=O)N[C@@H](CO)C(=O)O. The minimum atomic E-state index is -1.62. The van der Waals surface area contributed by atoms with Crippen LogP contribution in [-0.2, 0) is 30.4 Å². The van der Waals surface area contributed by atoms with Gasteiger partial charge in [0.2, 0.25) is 23.6 Å². The Balaban J connectivity index is 3.27. The molecule has 43 heavy (non-hydrogen) atoms. The first kappa shape index (κ1) is 36.7. The highest BCUT2D eigenvalue weighted by molar-refractivity contribution is 5.95. The molecule has 0 unspecified atom stereocenters. The lowest BCUT2D eigenvalue weighted by atomic mass is 10.0. The second-order valence-electron chi connectivity index (χ2n) is 10.3. The first-order chi connectivity index (χ1) is 20.3. The molecule has 13 N–H and O–H groups in total. The number of guanidine groups is 1. The molecule has 1 aromatic rings. The monoisotopic (exact) mass is 608 g/mol. The molecule has 16 nitrogen and oxygen atoms in total. The van der Waals surface area contributed by atoms with Crippen LogP contribution in [-0.4, -0.2) is 101 Å². The van der Waals surface area contributed by atoms with Crippen LogP contribution in [0.15, 0.2) is 35.3 Å². The number of amides is 4. The highest BCUT2D eigenvalue weighted by atomic mass is 16.4. The summed E-state index contributed by atoms with van der Waals surface area (Å²) in [5.41, 5.74) is 16.9. The third-order valence-corrected chi connectivity index (χ3v) is 6.16. The van der Waals surface area contributed by atoms with Crippen molar-refractivity contribution in [3.05, 3.63) is 35.9 Å². The standard InChI is InChI=1S/C27H44N8O8/c1-15(2)11-19(33-22(38)17(28)13-36)24(40)34-20(12-16-7-4-3-5-8-16)25(41)32-18(9-6-10-31-27(29)30)23(39)35-21(14-37)26(42)43/h3-5,7-8,15,17-21,36-37H,6,9-14,28H2,1-2H3,(H,32,41)(H,33,38)(H,34,40)(H,35,39)(H,42,43)(H4,29,30,31)/t17-,18-,19-,20-,21-/m0/s1. The van der Waals surface area contributed by atoms with Crippen molar-refractivity contribution in [3.8, 4) is 0 Å². The molecular weight excluding hydrogens is 564 g/mol. The van der Waals surface area contributed by atoms with Crippen molar-refractivity contribution in [1.82, 2.24) is 21.3 Å². The summed E-state index contributed by atoms with van der Waals surface area (Å²) in [5, 5.41) is 37.7. The summed E-state index contributed by atoms with van der Waals surface area (Å²) in [6, 6.07) is 2.26. The van der Waals surface area contributed by atoms with Gasteiger partial charge < -0.3 is 53.8 Å². The number of nitrogens with zero attached hydrogens (tertiary/aromatic N) is 1. The third-order valence-electron chi connectivity index (χ3n) is 6.16. The van der Waals surface area contributed by atoms with Gasteiger partial charge in [0.1, 0.15) is 30.2 Å². The number of rotatable bonds is 19. The lowest BCUT2D eigenvalue weighted by molar-refractivity contribution is -0.143. The van der Waals surface area contributed by atoms with E-state index in [4.69, 9.17) is 17.2 Å². The lowest BCUT2D eigenvalue weighted by Crippen LogP contribution is -2.59. The summed E-state index contributed by atoms with van der Waals surface area (Å²) < 4.78 is 0. The predicted octanol–water partition coefficient (Wildman–Crippen LogP) is -3.34. The zero-order chi connectivity index (χ0) is 32.5. The molecule has 0 saturated heterocycles. The Kier molecular flexibility index (Phi) is 16.2. The molecule has 5 atom stereocenters. The van der Waals surface area contributed by atoms with Crippen molar-refractivity contribution in [2.75, 3.05) is 19.8 Å². The second kappa shape index (κ2) is 19.0. The van der Waals surface area contributed by atoms with Crippen molar-refractivity contribution >= 4 is 35.6 Å². The first-order valence-electron chi connectivity index (χ1n) is 13.8. The Morgan fingerprint density at radius 3 is 1.86 bits per heavy atom. The number of aliphatic imine (C=N–C) groups is 1. The van der Waals surface area contributed by atoms with E-state index >= 15 is 0 Å². The van der Waals surface area contributed by atoms with Gasteiger partial charge in [-0.2, -0.15) is 0 Å².